The molecule has 0 aliphatic carbocycles. The molecule has 0 fully saturated rings. The minimum atomic E-state index is -0.0218. The molecular weight excluding hydrogens is 248 g/mol. The Morgan fingerprint density at radius 1 is 1.53 bits per heavy atom. The molecular formula is C10H14N8O. The van der Waals surface area contributed by atoms with E-state index in [0.717, 1.165) is 25.1 Å². The summed E-state index contributed by atoms with van der Waals surface area (Å²) in [4.78, 5) is 16.0. The summed E-state index contributed by atoms with van der Waals surface area (Å²) < 4.78 is 1.77. The molecule has 0 aromatic carbocycles. The molecule has 0 radical (unpaired) electrons. The number of nitrogens with zero attached hydrogens (tertiary/aromatic N) is 6. The van der Waals surface area contributed by atoms with Gasteiger partial charge in [-0.3, -0.25) is 9.89 Å². The van der Waals surface area contributed by atoms with Crippen molar-refractivity contribution in [2.24, 2.45) is 5.92 Å². The van der Waals surface area contributed by atoms with Crippen molar-refractivity contribution in [3.63, 3.8) is 0 Å². The molecule has 2 N–H and O–H groups in total. The van der Waals surface area contributed by atoms with E-state index in [9.17, 15) is 4.79 Å². The van der Waals surface area contributed by atoms with Gasteiger partial charge in [0, 0.05) is 18.9 Å². The average Bonchev–Trinajstić information content (AvgIpc) is 3.05. The number of hydrogen-bond donors (Lipinski definition) is 2. The van der Waals surface area contributed by atoms with E-state index in [0.29, 0.717) is 18.9 Å². The molecule has 2 aromatic heterocycles. The maximum atomic E-state index is 12.1. The Hall–Kier alpha value is -2.32. The Morgan fingerprint density at radius 3 is 3.32 bits per heavy atom. The predicted octanol–water partition coefficient (Wildman–Crippen LogP) is -0.940. The molecule has 1 aliphatic rings. The van der Waals surface area contributed by atoms with Crippen molar-refractivity contribution in [2.45, 2.75) is 32.4 Å². The van der Waals surface area contributed by atoms with Crippen LogP contribution in [0, 0.1) is 5.92 Å². The van der Waals surface area contributed by atoms with Crippen molar-refractivity contribution in [2.75, 3.05) is 0 Å². The SMILES string of the molecule is O=C(NCc1ncn[nH]1)C1CCc2nnnn2CC1. The second kappa shape index (κ2) is 5.12. The van der Waals surface area contributed by atoms with Crippen molar-refractivity contribution in [1.82, 2.24) is 40.7 Å². The number of carbonyl (C=O) groups is 1. The first-order chi connectivity index (χ1) is 9.33. The van der Waals surface area contributed by atoms with Crippen LogP contribution in [0.5, 0.6) is 0 Å². The van der Waals surface area contributed by atoms with Crippen LogP contribution in [0.1, 0.15) is 24.5 Å². The van der Waals surface area contributed by atoms with Crippen molar-refractivity contribution < 1.29 is 4.79 Å². The minimum absolute atomic E-state index is 0.0218. The summed E-state index contributed by atoms with van der Waals surface area (Å²) in [6, 6.07) is 0. The van der Waals surface area contributed by atoms with Gasteiger partial charge in [0.25, 0.3) is 0 Å². The van der Waals surface area contributed by atoms with Gasteiger partial charge in [0.1, 0.15) is 12.2 Å². The highest BCUT2D eigenvalue weighted by Gasteiger charge is 2.23. The summed E-state index contributed by atoms with van der Waals surface area (Å²) in [5.74, 6) is 1.52. The molecule has 2 aromatic rings. The number of rotatable bonds is 3. The zero-order chi connectivity index (χ0) is 13.1. The number of aromatic nitrogens is 7. The molecule has 100 valence electrons. The first-order valence-electron chi connectivity index (χ1n) is 6.20. The van der Waals surface area contributed by atoms with Crippen LogP contribution in [0.2, 0.25) is 0 Å². The summed E-state index contributed by atoms with van der Waals surface area (Å²) in [6.07, 6.45) is 3.67. The van der Waals surface area contributed by atoms with Crippen molar-refractivity contribution >= 4 is 5.91 Å². The van der Waals surface area contributed by atoms with Gasteiger partial charge < -0.3 is 5.32 Å². The van der Waals surface area contributed by atoms with E-state index >= 15 is 0 Å². The topological polar surface area (TPSA) is 114 Å². The maximum absolute atomic E-state index is 12.1. The summed E-state index contributed by atoms with van der Waals surface area (Å²) in [7, 11) is 0. The van der Waals surface area contributed by atoms with Gasteiger partial charge in [-0.25, -0.2) is 9.67 Å². The fraction of sp³-hybridized carbons (Fsp3) is 0.600. The summed E-state index contributed by atoms with van der Waals surface area (Å²) in [6.45, 7) is 1.06. The third-order valence-electron chi connectivity index (χ3n) is 3.28. The van der Waals surface area contributed by atoms with E-state index in [-0.39, 0.29) is 11.8 Å². The van der Waals surface area contributed by atoms with Crippen LogP contribution in [-0.4, -0.2) is 41.3 Å². The molecule has 0 saturated heterocycles. The Morgan fingerprint density at radius 2 is 2.47 bits per heavy atom. The lowest BCUT2D eigenvalue weighted by molar-refractivity contribution is -0.125. The monoisotopic (exact) mass is 262 g/mol. The number of tetrazole rings is 1. The van der Waals surface area contributed by atoms with Crippen LogP contribution in [0.25, 0.3) is 0 Å². The van der Waals surface area contributed by atoms with E-state index in [1.54, 1.807) is 4.68 Å². The zero-order valence-corrected chi connectivity index (χ0v) is 10.3. The molecule has 9 heteroatoms. The largest absolute Gasteiger partial charge is 0.349 e. The highest BCUT2D eigenvalue weighted by molar-refractivity contribution is 5.78. The second-order valence-corrected chi connectivity index (χ2v) is 4.49. The molecule has 1 atom stereocenters. The van der Waals surface area contributed by atoms with Crippen LogP contribution in [-0.2, 0) is 24.3 Å². The molecule has 1 aliphatic heterocycles. The lowest BCUT2D eigenvalue weighted by atomic mass is 9.99. The first kappa shape index (κ1) is 11.8. The number of nitrogens with one attached hydrogen (secondary N) is 2. The van der Waals surface area contributed by atoms with Gasteiger partial charge in [0.15, 0.2) is 5.82 Å². The number of aromatic amines is 1. The highest BCUT2D eigenvalue weighted by atomic mass is 16.1. The number of fused-ring (bicyclic) bond motifs is 1. The van der Waals surface area contributed by atoms with E-state index in [1.807, 2.05) is 0 Å². The number of amides is 1. The Labute approximate surface area is 108 Å². The van der Waals surface area contributed by atoms with Gasteiger partial charge in [-0.05, 0) is 23.3 Å². The van der Waals surface area contributed by atoms with Crippen LogP contribution in [0.4, 0.5) is 0 Å². The normalized spacial score (nSPS) is 18.6. The third-order valence-corrected chi connectivity index (χ3v) is 3.28. The van der Waals surface area contributed by atoms with Crippen LogP contribution in [0.3, 0.4) is 0 Å². The van der Waals surface area contributed by atoms with Crippen molar-refractivity contribution in [3.05, 3.63) is 18.0 Å². The molecule has 3 rings (SSSR count). The fourth-order valence-electron chi connectivity index (χ4n) is 2.20. The second-order valence-electron chi connectivity index (χ2n) is 4.49. The summed E-state index contributed by atoms with van der Waals surface area (Å²) >= 11 is 0. The zero-order valence-electron chi connectivity index (χ0n) is 10.3. The molecule has 3 heterocycles. The number of hydrogen-bond acceptors (Lipinski definition) is 6. The van der Waals surface area contributed by atoms with Gasteiger partial charge in [0.2, 0.25) is 5.91 Å². The van der Waals surface area contributed by atoms with Gasteiger partial charge in [-0.1, -0.05) is 0 Å². The molecule has 0 bridgehead atoms. The first-order valence-corrected chi connectivity index (χ1v) is 6.20. The van der Waals surface area contributed by atoms with E-state index in [2.05, 4.69) is 36.0 Å². The van der Waals surface area contributed by atoms with Crippen molar-refractivity contribution in [1.29, 1.82) is 0 Å². The molecule has 0 spiro atoms. The average molecular weight is 262 g/mol. The van der Waals surface area contributed by atoms with Crippen LogP contribution >= 0.6 is 0 Å². The van der Waals surface area contributed by atoms with E-state index < -0.39 is 0 Å². The van der Waals surface area contributed by atoms with Gasteiger partial charge in [-0.2, -0.15) is 5.10 Å². The highest BCUT2D eigenvalue weighted by Crippen LogP contribution is 2.17. The van der Waals surface area contributed by atoms with Crippen LogP contribution < -0.4 is 5.32 Å². The number of H-pyrrole nitrogens is 1. The molecule has 0 saturated carbocycles. The molecule has 19 heavy (non-hydrogen) atoms. The van der Waals surface area contributed by atoms with Gasteiger partial charge in [0.05, 0.1) is 6.54 Å². The Bertz CT molecular complexity index is 525. The summed E-state index contributed by atoms with van der Waals surface area (Å²) in [5.41, 5.74) is 0. The van der Waals surface area contributed by atoms with Gasteiger partial charge in [-0.15, -0.1) is 5.10 Å². The van der Waals surface area contributed by atoms with Crippen LogP contribution in [0.15, 0.2) is 6.33 Å². The number of carbonyl (C=O) groups excluding carboxylic acids is 1. The lowest BCUT2D eigenvalue weighted by Gasteiger charge is -2.12. The quantitative estimate of drug-likeness (QED) is 0.737. The molecule has 9 nitrogen and oxygen atoms in total. The maximum Gasteiger partial charge on any atom is 0.223 e. The lowest BCUT2D eigenvalue weighted by Crippen LogP contribution is -2.31. The smallest absolute Gasteiger partial charge is 0.223 e. The Kier molecular flexibility index (Phi) is 3.17. The van der Waals surface area contributed by atoms with E-state index in [1.165, 1.54) is 6.33 Å². The fourth-order valence-corrected chi connectivity index (χ4v) is 2.20. The van der Waals surface area contributed by atoms with E-state index in [4.69, 9.17) is 0 Å². The summed E-state index contributed by atoms with van der Waals surface area (Å²) in [5, 5.41) is 20.8. The third kappa shape index (κ3) is 2.59. The molecule has 1 amide bonds. The minimum Gasteiger partial charge on any atom is -0.349 e. The molecule has 1 unspecified atom stereocenters. The Balaban J connectivity index is 1.55. The van der Waals surface area contributed by atoms with Gasteiger partial charge >= 0.3 is 0 Å². The predicted molar refractivity (Wildman–Crippen MR) is 62.5 cm³/mol. The van der Waals surface area contributed by atoms with Crippen molar-refractivity contribution in [3.8, 4) is 0 Å². The standard InChI is InChI=1S/C10H14N8O/c19-10(11-5-8-12-6-13-14-8)7-1-2-9-15-16-17-18(9)4-3-7/h6-7H,1-5H2,(H,11,19)(H,12,13,14). The number of aryl methyl sites for hydroxylation is 2.